The molecule has 6 nitrogen and oxygen atoms in total. The number of halogens is 1. The quantitative estimate of drug-likeness (QED) is 0.729. The van der Waals surface area contributed by atoms with Gasteiger partial charge in [-0.15, -0.1) is 0 Å². The van der Waals surface area contributed by atoms with Gasteiger partial charge >= 0.3 is 0 Å². The van der Waals surface area contributed by atoms with Gasteiger partial charge in [0.15, 0.2) is 0 Å². The summed E-state index contributed by atoms with van der Waals surface area (Å²) in [7, 11) is 0. The van der Waals surface area contributed by atoms with Gasteiger partial charge in [-0.25, -0.2) is 0 Å². The maximum atomic E-state index is 12.1. The number of nitrogens with one attached hydrogen (secondary N) is 2. The Kier molecular flexibility index (Phi) is 4.39. The summed E-state index contributed by atoms with van der Waals surface area (Å²) in [5.74, 6) is -0.295. The van der Waals surface area contributed by atoms with Gasteiger partial charge in [-0.05, 0) is 32.0 Å². The lowest BCUT2D eigenvalue weighted by Gasteiger charge is -2.40. The zero-order chi connectivity index (χ0) is 15.6. The number of nitrogens with zero attached hydrogens (tertiary/aromatic N) is 1. The first-order chi connectivity index (χ1) is 9.80. The van der Waals surface area contributed by atoms with Crippen LogP contribution in [0.2, 0.25) is 5.02 Å². The zero-order valence-electron chi connectivity index (χ0n) is 12.1. The molecule has 0 aromatic heterocycles. The van der Waals surface area contributed by atoms with Gasteiger partial charge in [-0.3, -0.25) is 14.5 Å². The number of nitrogen functional groups attached to an aromatic ring is 1. The van der Waals surface area contributed by atoms with Crippen LogP contribution in [-0.2, 0) is 9.59 Å². The molecule has 0 unspecified atom stereocenters. The molecular weight excluding hydrogens is 292 g/mol. The van der Waals surface area contributed by atoms with E-state index in [0.29, 0.717) is 29.5 Å². The first kappa shape index (κ1) is 15.6. The number of hydrogen-bond donors (Lipinski definition) is 3. The predicted octanol–water partition coefficient (Wildman–Crippen LogP) is 1.07. The number of piperazine rings is 1. The van der Waals surface area contributed by atoms with Crippen LogP contribution in [0.1, 0.15) is 13.8 Å². The number of anilines is 2. The van der Waals surface area contributed by atoms with Gasteiger partial charge in [0.25, 0.3) is 0 Å². The molecule has 1 aliphatic rings. The average Bonchev–Trinajstić information content (AvgIpc) is 2.39. The summed E-state index contributed by atoms with van der Waals surface area (Å²) in [5.41, 5.74) is 5.94. The Morgan fingerprint density at radius 3 is 2.90 bits per heavy atom. The second kappa shape index (κ2) is 5.91. The normalized spacial score (nSPS) is 18.1. The van der Waals surface area contributed by atoms with Crippen LogP contribution in [0.5, 0.6) is 0 Å². The zero-order valence-corrected chi connectivity index (χ0v) is 12.8. The molecule has 4 N–H and O–H groups in total. The monoisotopic (exact) mass is 310 g/mol. The molecule has 114 valence electrons. The summed E-state index contributed by atoms with van der Waals surface area (Å²) >= 11 is 6.02. The molecule has 1 aliphatic heterocycles. The molecule has 1 fully saturated rings. The van der Waals surface area contributed by atoms with Gasteiger partial charge < -0.3 is 16.4 Å². The Balaban J connectivity index is 2.03. The molecule has 7 heteroatoms. The number of rotatable bonds is 3. The minimum Gasteiger partial charge on any atom is -0.399 e. The number of carbonyl (C=O) groups excluding carboxylic acids is 2. The molecule has 1 heterocycles. The highest BCUT2D eigenvalue weighted by Gasteiger charge is 2.38. The Hall–Kier alpha value is -1.79. The van der Waals surface area contributed by atoms with Crippen LogP contribution in [0.25, 0.3) is 0 Å². The fraction of sp³-hybridized carbons (Fsp3) is 0.429. The molecule has 0 bridgehead atoms. The minimum atomic E-state index is -0.708. The van der Waals surface area contributed by atoms with E-state index in [2.05, 4.69) is 10.6 Å². The Morgan fingerprint density at radius 1 is 1.52 bits per heavy atom. The lowest BCUT2D eigenvalue weighted by Crippen LogP contribution is -2.62. The SMILES string of the molecule is CC1(C)C(=O)NCCN1CC(=O)Nc1ccc(N)cc1Cl. The summed E-state index contributed by atoms with van der Waals surface area (Å²) in [6.45, 7) is 4.89. The molecule has 2 amide bonds. The standard InChI is InChI=1S/C14H19ClN4O2/c1-14(2)13(21)17-5-6-19(14)8-12(20)18-11-4-3-9(16)7-10(11)15/h3-4,7H,5-6,8,16H2,1-2H3,(H,17,21)(H,18,20). The van der Waals surface area contributed by atoms with Crippen LogP contribution >= 0.6 is 11.6 Å². The second-order valence-electron chi connectivity index (χ2n) is 5.52. The van der Waals surface area contributed by atoms with Crippen LogP contribution in [0.15, 0.2) is 18.2 Å². The van der Waals surface area contributed by atoms with Crippen LogP contribution in [0.3, 0.4) is 0 Å². The van der Waals surface area contributed by atoms with Gasteiger partial charge in [0.05, 0.1) is 22.8 Å². The molecule has 0 saturated carbocycles. The number of hydrogen-bond acceptors (Lipinski definition) is 4. The van der Waals surface area contributed by atoms with Crippen molar-refractivity contribution in [3.8, 4) is 0 Å². The van der Waals surface area contributed by atoms with Crippen molar-refractivity contribution in [1.29, 1.82) is 0 Å². The number of amides is 2. The number of nitrogens with two attached hydrogens (primary N) is 1. The van der Waals surface area contributed by atoms with Crippen molar-refractivity contribution in [1.82, 2.24) is 10.2 Å². The highest BCUT2D eigenvalue weighted by molar-refractivity contribution is 6.34. The van der Waals surface area contributed by atoms with E-state index >= 15 is 0 Å². The lowest BCUT2D eigenvalue weighted by atomic mass is 9.99. The Morgan fingerprint density at radius 2 is 2.24 bits per heavy atom. The highest BCUT2D eigenvalue weighted by atomic mass is 35.5. The third kappa shape index (κ3) is 3.46. The number of benzene rings is 1. The Bertz CT molecular complexity index is 574. The molecule has 1 aromatic carbocycles. The fourth-order valence-electron chi connectivity index (χ4n) is 2.22. The molecule has 0 aliphatic carbocycles. The number of carbonyl (C=O) groups is 2. The van der Waals surface area contributed by atoms with Crippen molar-refractivity contribution in [3.05, 3.63) is 23.2 Å². The van der Waals surface area contributed by atoms with E-state index in [4.69, 9.17) is 17.3 Å². The molecule has 21 heavy (non-hydrogen) atoms. The summed E-state index contributed by atoms with van der Waals surface area (Å²) in [6.07, 6.45) is 0. The molecule has 1 aromatic rings. The minimum absolute atomic E-state index is 0.0768. The second-order valence-corrected chi connectivity index (χ2v) is 5.93. The van der Waals surface area contributed by atoms with Crippen molar-refractivity contribution in [2.45, 2.75) is 19.4 Å². The molecule has 0 radical (unpaired) electrons. The van der Waals surface area contributed by atoms with Crippen molar-refractivity contribution in [3.63, 3.8) is 0 Å². The summed E-state index contributed by atoms with van der Waals surface area (Å²) in [5, 5.41) is 5.92. The third-order valence-electron chi connectivity index (χ3n) is 3.62. The van der Waals surface area contributed by atoms with Crippen LogP contribution < -0.4 is 16.4 Å². The van der Waals surface area contributed by atoms with E-state index < -0.39 is 5.54 Å². The van der Waals surface area contributed by atoms with Gasteiger partial charge in [0, 0.05) is 18.8 Å². The van der Waals surface area contributed by atoms with Crippen molar-refractivity contribution >= 4 is 34.8 Å². The van der Waals surface area contributed by atoms with Crippen LogP contribution in [0, 0.1) is 0 Å². The maximum Gasteiger partial charge on any atom is 0.240 e. The largest absolute Gasteiger partial charge is 0.399 e. The molecule has 0 spiro atoms. The topological polar surface area (TPSA) is 87.5 Å². The van der Waals surface area contributed by atoms with E-state index in [9.17, 15) is 9.59 Å². The van der Waals surface area contributed by atoms with Crippen molar-refractivity contribution < 1.29 is 9.59 Å². The maximum absolute atomic E-state index is 12.1. The summed E-state index contributed by atoms with van der Waals surface area (Å²) in [4.78, 5) is 25.8. The van der Waals surface area contributed by atoms with Crippen LogP contribution in [-0.4, -0.2) is 41.9 Å². The van der Waals surface area contributed by atoms with E-state index in [0.717, 1.165) is 0 Å². The van der Waals surface area contributed by atoms with E-state index in [1.807, 2.05) is 4.90 Å². The van der Waals surface area contributed by atoms with Gasteiger partial charge in [0.1, 0.15) is 0 Å². The third-order valence-corrected chi connectivity index (χ3v) is 3.93. The van der Waals surface area contributed by atoms with E-state index in [1.54, 1.807) is 32.0 Å². The average molecular weight is 311 g/mol. The van der Waals surface area contributed by atoms with Crippen LogP contribution in [0.4, 0.5) is 11.4 Å². The first-order valence-electron chi connectivity index (χ1n) is 6.69. The fourth-order valence-corrected chi connectivity index (χ4v) is 2.45. The van der Waals surface area contributed by atoms with E-state index in [1.165, 1.54) is 0 Å². The molecule has 1 saturated heterocycles. The smallest absolute Gasteiger partial charge is 0.240 e. The molecular formula is C14H19ClN4O2. The first-order valence-corrected chi connectivity index (χ1v) is 7.07. The predicted molar refractivity (Wildman–Crippen MR) is 83.2 cm³/mol. The van der Waals surface area contributed by atoms with Crippen molar-refractivity contribution in [2.24, 2.45) is 0 Å². The molecule has 0 atom stereocenters. The van der Waals surface area contributed by atoms with Gasteiger partial charge in [-0.1, -0.05) is 11.6 Å². The van der Waals surface area contributed by atoms with Gasteiger partial charge in [-0.2, -0.15) is 0 Å². The van der Waals surface area contributed by atoms with Gasteiger partial charge in [0.2, 0.25) is 11.8 Å². The lowest BCUT2D eigenvalue weighted by molar-refractivity contribution is -0.136. The van der Waals surface area contributed by atoms with E-state index in [-0.39, 0.29) is 18.4 Å². The summed E-state index contributed by atoms with van der Waals surface area (Å²) in [6, 6.07) is 4.90. The highest BCUT2D eigenvalue weighted by Crippen LogP contribution is 2.24. The van der Waals surface area contributed by atoms with Crippen molar-refractivity contribution in [2.75, 3.05) is 30.7 Å². The molecule has 2 rings (SSSR count). The summed E-state index contributed by atoms with van der Waals surface area (Å²) < 4.78 is 0. The Labute approximate surface area is 128 Å².